The minimum Gasteiger partial charge on any atom is -0.352 e. The van der Waals surface area contributed by atoms with E-state index in [4.69, 9.17) is 0 Å². The zero-order valence-electron chi connectivity index (χ0n) is 11.5. The molecule has 8 heteroatoms. The summed E-state index contributed by atoms with van der Waals surface area (Å²) < 4.78 is 63.4. The Balaban J connectivity index is 1.75. The highest BCUT2D eigenvalue weighted by Gasteiger charge is 2.42. The molecule has 1 aliphatic heterocycles. The first-order chi connectivity index (χ1) is 9.67. The molecule has 1 aliphatic carbocycles. The van der Waals surface area contributed by atoms with Crippen molar-refractivity contribution in [2.45, 2.75) is 62.7 Å². The van der Waals surface area contributed by atoms with Gasteiger partial charge in [0.15, 0.2) is 0 Å². The Morgan fingerprint density at radius 1 is 1.10 bits per heavy atom. The quantitative estimate of drug-likeness (QED) is 0.769. The molecule has 2 fully saturated rings. The molecule has 0 aromatic heterocycles. The van der Waals surface area contributed by atoms with Crippen molar-refractivity contribution >= 4 is 5.91 Å². The minimum atomic E-state index is -4.27. The van der Waals surface area contributed by atoms with Crippen LogP contribution < -0.4 is 10.6 Å². The molecule has 1 saturated carbocycles. The van der Waals surface area contributed by atoms with Gasteiger partial charge in [-0.3, -0.25) is 4.79 Å². The van der Waals surface area contributed by atoms with Crippen molar-refractivity contribution in [3.63, 3.8) is 0 Å². The summed E-state index contributed by atoms with van der Waals surface area (Å²) in [6, 6.07) is -1.89. The van der Waals surface area contributed by atoms with Crippen molar-refractivity contribution < 1.29 is 26.7 Å². The van der Waals surface area contributed by atoms with Crippen molar-refractivity contribution in [2.75, 3.05) is 6.54 Å². The number of halogens is 5. The maximum Gasteiger partial charge on any atom is 0.403 e. The fourth-order valence-corrected chi connectivity index (χ4v) is 2.88. The van der Waals surface area contributed by atoms with E-state index in [-0.39, 0.29) is 57.0 Å². The van der Waals surface area contributed by atoms with Crippen molar-refractivity contribution in [1.29, 1.82) is 0 Å². The fourth-order valence-electron chi connectivity index (χ4n) is 2.88. The second kappa shape index (κ2) is 6.06. The standard InChI is InChI=1S/C13H19F5N2O/c14-12(15)5-3-8(4-6-12)11(21)20-9-1-2-10(19-7-9)13(16,17)18/h8-10,19H,1-7H2,(H,20,21). The topological polar surface area (TPSA) is 41.1 Å². The Bertz CT molecular complexity index is 367. The molecule has 0 spiro atoms. The first-order valence-corrected chi connectivity index (χ1v) is 7.16. The molecule has 1 saturated heterocycles. The van der Waals surface area contributed by atoms with Crippen molar-refractivity contribution in [1.82, 2.24) is 10.6 Å². The second-order valence-electron chi connectivity index (χ2n) is 5.92. The van der Waals surface area contributed by atoms with Crippen molar-refractivity contribution in [3.8, 4) is 0 Å². The summed E-state index contributed by atoms with van der Waals surface area (Å²) in [5.41, 5.74) is 0. The maximum atomic E-state index is 13.0. The average Bonchev–Trinajstić information content (AvgIpc) is 2.38. The molecule has 3 nitrogen and oxygen atoms in total. The molecule has 2 unspecified atom stereocenters. The summed E-state index contributed by atoms with van der Waals surface area (Å²) >= 11 is 0. The molecule has 0 aromatic rings. The third-order valence-electron chi connectivity index (χ3n) is 4.24. The van der Waals surface area contributed by atoms with E-state index in [1.807, 2.05) is 0 Å². The molecule has 2 N–H and O–H groups in total. The molecular formula is C13H19F5N2O. The molecule has 2 aliphatic rings. The Morgan fingerprint density at radius 3 is 2.19 bits per heavy atom. The number of alkyl halides is 5. The number of carbonyl (C=O) groups is 1. The lowest BCUT2D eigenvalue weighted by molar-refractivity contribution is -0.161. The molecule has 2 rings (SSSR count). The molecule has 21 heavy (non-hydrogen) atoms. The molecular weight excluding hydrogens is 295 g/mol. The van der Waals surface area contributed by atoms with Gasteiger partial charge in [-0.2, -0.15) is 13.2 Å². The van der Waals surface area contributed by atoms with E-state index in [2.05, 4.69) is 10.6 Å². The summed E-state index contributed by atoms with van der Waals surface area (Å²) in [4.78, 5) is 11.9. The zero-order valence-corrected chi connectivity index (χ0v) is 11.5. The SMILES string of the molecule is O=C(NC1CCC(C(F)(F)F)NC1)C1CCC(F)(F)CC1. The Hall–Kier alpha value is -0.920. The number of carbonyl (C=O) groups excluding carboxylic acids is 1. The van der Waals surface area contributed by atoms with E-state index in [0.29, 0.717) is 0 Å². The highest BCUT2D eigenvalue weighted by molar-refractivity contribution is 5.79. The van der Waals surface area contributed by atoms with Crippen LogP contribution in [0.4, 0.5) is 22.0 Å². The predicted molar refractivity (Wildman–Crippen MR) is 65.9 cm³/mol. The van der Waals surface area contributed by atoms with Gasteiger partial charge in [0.2, 0.25) is 11.8 Å². The zero-order chi connectivity index (χ0) is 15.7. The van der Waals surface area contributed by atoms with Gasteiger partial charge in [-0.05, 0) is 25.7 Å². The summed E-state index contributed by atoms with van der Waals surface area (Å²) in [7, 11) is 0. The van der Waals surface area contributed by atoms with Gasteiger partial charge in [0.1, 0.15) is 6.04 Å². The number of hydrogen-bond acceptors (Lipinski definition) is 2. The van der Waals surface area contributed by atoms with E-state index in [0.717, 1.165) is 0 Å². The van der Waals surface area contributed by atoms with Crippen molar-refractivity contribution in [2.24, 2.45) is 5.92 Å². The van der Waals surface area contributed by atoms with E-state index < -0.39 is 24.1 Å². The molecule has 0 radical (unpaired) electrons. The van der Waals surface area contributed by atoms with E-state index in [9.17, 15) is 26.7 Å². The lowest BCUT2D eigenvalue weighted by atomic mass is 9.86. The van der Waals surface area contributed by atoms with Crippen molar-refractivity contribution in [3.05, 3.63) is 0 Å². The Labute approximate surface area is 119 Å². The fraction of sp³-hybridized carbons (Fsp3) is 0.923. The summed E-state index contributed by atoms with van der Waals surface area (Å²) in [6.45, 7) is 0.0544. The van der Waals surface area contributed by atoms with E-state index >= 15 is 0 Å². The molecule has 0 aromatic carbocycles. The molecule has 0 bridgehead atoms. The number of piperidine rings is 1. The molecule has 2 atom stereocenters. The van der Waals surface area contributed by atoms with Gasteiger partial charge < -0.3 is 10.6 Å². The van der Waals surface area contributed by atoms with Gasteiger partial charge >= 0.3 is 6.18 Å². The Morgan fingerprint density at radius 2 is 1.71 bits per heavy atom. The van der Waals surface area contributed by atoms with Crippen LogP contribution in [0.3, 0.4) is 0 Å². The maximum absolute atomic E-state index is 13.0. The first-order valence-electron chi connectivity index (χ1n) is 7.16. The largest absolute Gasteiger partial charge is 0.403 e. The highest BCUT2D eigenvalue weighted by Crippen LogP contribution is 2.36. The number of hydrogen-bond donors (Lipinski definition) is 2. The summed E-state index contributed by atoms with van der Waals surface area (Å²) in [6.07, 6.45) is -4.46. The number of rotatable bonds is 2. The van der Waals surface area contributed by atoms with Gasteiger partial charge in [-0.15, -0.1) is 0 Å². The van der Waals surface area contributed by atoms with Crippen LogP contribution in [0.25, 0.3) is 0 Å². The number of nitrogens with one attached hydrogen (secondary N) is 2. The lowest BCUT2D eigenvalue weighted by Gasteiger charge is -2.33. The smallest absolute Gasteiger partial charge is 0.352 e. The van der Waals surface area contributed by atoms with Crippen LogP contribution in [0.5, 0.6) is 0 Å². The second-order valence-corrected chi connectivity index (χ2v) is 5.92. The van der Waals surface area contributed by atoms with Crippen LogP contribution in [0.2, 0.25) is 0 Å². The third-order valence-corrected chi connectivity index (χ3v) is 4.24. The Kier molecular flexibility index (Phi) is 4.75. The van der Waals surface area contributed by atoms with Crippen LogP contribution in [0.1, 0.15) is 38.5 Å². The molecule has 1 amide bonds. The van der Waals surface area contributed by atoms with Crippen LogP contribution in [-0.4, -0.2) is 36.6 Å². The van der Waals surface area contributed by atoms with Gasteiger partial charge in [0.05, 0.1) is 0 Å². The normalized spacial score (nSPS) is 30.9. The van der Waals surface area contributed by atoms with Gasteiger partial charge in [0.25, 0.3) is 0 Å². The predicted octanol–water partition coefficient (Wildman–Crippen LogP) is 2.61. The van der Waals surface area contributed by atoms with Gasteiger partial charge in [-0.1, -0.05) is 0 Å². The van der Waals surface area contributed by atoms with Crippen LogP contribution in [0, 0.1) is 5.92 Å². The van der Waals surface area contributed by atoms with E-state index in [1.165, 1.54) is 0 Å². The third kappa shape index (κ3) is 4.52. The number of amides is 1. The van der Waals surface area contributed by atoms with Crippen LogP contribution in [-0.2, 0) is 4.79 Å². The summed E-state index contributed by atoms with van der Waals surface area (Å²) in [5.74, 6) is -3.46. The molecule has 1 heterocycles. The monoisotopic (exact) mass is 314 g/mol. The first kappa shape index (κ1) is 16.5. The van der Waals surface area contributed by atoms with E-state index in [1.54, 1.807) is 0 Å². The van der Waals surface area contributed by atoms with Gasteiger partial charge in [-0.25, -0.2) is 8.78 Å². The average molecular weight is 314 g/mol. The van der Waals surface area contributed by atoms with Crippen LogP contribution >= 0.6 is 0 Å². The molecule has 122 valence electrons. The van der Waals surface area contributed by atoms with Crippen LogP contribution in [0.15, 0.2) is 0 Å². The highest BCUT2D eigenvalue weighted by atomic mass is 19.4. The summed E-state index contributed by atoms with van der Waals surface area (Å²) in [5, 5.41) is 5.05. The minimum absolute atomic E-state index is 0.0544. The van der Waals surface area contributed by atoms with Gasteiger partial charge in [0, 0.05) is 31.3 Å². The lowest BCUT2D eigenvalue weighted by Crippen LogP contribution is -2.55.